The molecule has 0 aliphatic carbocycles. The van der Waals surface area contributed by atoms with Crippen LogP contribution in [0.25, 0.3) is 0 Å². The lowest BCUT2D eigenvalue weighted by Gasteiger charge is -2.30. The number of nitrogens with one attached hydrogen (secondary N) is 2. The van der Waals surface area contributed by atoms with Crippen LogP contribution >= 0.6 is 35.3 Å². The first-order chi connectivity index (χ1) is 12.6. The van der Waals surface area contributed by atoms with Gasteiger partial charge in [0.05, 0.1) is 6.54 Å². The van der Waals surface area contributed by atoms with Gasteiger partial charge >= 0.3 is 0 Å². The summed E-state index contributed by atoms with van der Waals surface area (Å²) in [5.41, 5.74) is 6.70. The highest BCUT2D eigenvalue weighted by Gasteiger charge is 2.22. The van der Waals surface area contributed by atoms with Crippen molar-refractivity contribution in [3.8, 4) is 0 Å². The Morgan fingerprint density at radius 2 is 2.07 bits per heavy atom. The molecule has 154 valence electrons. The molecule has 0 atom stereocenters. The van der Waals surface area contributed by atoms with Gasteiger partial charge in [0.25, 0.3) is 0 Å². The summed E-state index contributed by atoms with van der Waals surface area (Å²) in [6.07, 6.45) is 4.08. The topological polar surface area (TPSA) is 82.8 Å². The molecular formula is C19H34IN5OS. The fourth-order valence-electron chi connectivity index (χ4n) is 3.17. The van der Waals surface area contributed by atoms with Gasteiger partial charge in [-0.05, 0) is 76.2 Å². The Balaban J connectivity index is 0.00000364. The molecule has 0 aromatic carbocycles. The molecule has 0 saturated carbocycles. The van der Waals surface area contributed by atoms with Crippen molar-refractivity contribution in [2.24, 2.45) is 16.6 Å². The Hall–Kier alpha value is -0.870. The molecule has 0 unspecified atom stereocenters. The molecule has 8 heteroatoms. The predicted molar refractivity (Wildman–Crippen MR) is 125 cm³/mol. The average molecular weight is 507 g/mol. The number of rotatable bonds is 9. The molecule has 1 aliphatic rings. The van der Waals surface area contributed by atoms with E-state index in [1.165, 1.54) is 10.4 Å². The lowest BCUT2D eigenvalue weighted by Crippen LogP contribution is -2.39. The summed E-state index contributed by atoms with van der Waals surface area (Å²) in [7, 11) is 0. The van der Waals surface area contributed by atoms with Gasteiger partial charge in [-0.3, -0.25) is 4.79 Å². The fourth-order valence-corrected chi connectivity index (χ4v) is 4.00. The first-order valence-corrected chi connectivity index (χ1v) is 10.5. The number of aryl methyl sites for hydroxylation is 1. The Morgan fingerprint density at radius 1 is 1.33 bits per heavy atom. The summed E-state index contributed by atoms with van der Waals surface area (Å²) in [6, 6.07) is 2.14. The highest BCUT2D eigenvalue weighted by atomic mass is 127. The van der Waals surface area contributed by atoms with Crippen LogP contribution in [0.15, 0.2) is 16.4 Å². The van der Waals surface area contributed by atoms with Crippen LogP contribution in [0.1, 0.15) is 43.0 Å². The van der Waals surface area contributed by atoms with Crippen LogP contribution in [-0.2, 0) is 11.3 Å². The minimum absolute atomic E-state index is 0. The van der Waals surface area contributed by atoms with Crippen molar-refractivity contribution in [1.29, 1.82) is 0 Å². The summed E-state index contributed by atoms with van der Waals surface area (Å²) >= 11 is 1.76. The molecule has 1 aromatic heterocycles. The maximum absolute atomic E-state index is 11.2. The number of nitrogens with zero attached hydrogens (tertiary/aromatic N) is 2. The van der Waals surface area contributed by atoms with Crippen molar-refractivity contribution in [1.82, 2.24) is 15.5 Å². The summed E-state index contributed by atoms with van der Waals surface area (Å²) < 4.78 is 0. The van der Waals surface area contributed by atoms with Gasteiger partial charge in [-0.15, -0.1) is 35.3 Å². The van der Waals surface area contributed by atoms with Crippen molar-refractivity contribution in [2.45, 2.75) is 46.1 Å². The van der Waals surface area contributed by atoms with Crippen molar-refractivity contribution < 1.29 is 4.79 Å². The number of carbonyl (C=O) groups is 1. The summed E-state index contributed by atoms with van der Waals surface area (Å²) in [5.74, 6) is 0.836. The Morgan fingerprint density at radius 3 is 2.67 bits per heavy atom. The van der Waals surface area contributed by atoms with Crippen molar-refractivity contribution in [3.05, 3.63) is 21.9 Å². The molecule has 4 N–H and O–H groups in total. The molecule has 1 saturated heterocycles. The van der Waals surface area contributed by atoms with E-state index in [4.69, 9.17) is 5.73 Å². The number of piperidine rings is 1. The maximum Gasteiger partial charge on any atom is 0.220 e. The van der Waals surface area contributed by atoms with Crippen molar-refractivity contribution in [2.75, 3.05) is 32.7 Å². The van der Waals surface area contributed by atoms with Crippen LogP contribution in [0.3, 0.4) is 0 Å². The second-order valence-corrected chi connectivity index (χ2v) is 7.87. The van der Waals surface area contributed by atoms with Crippen LogP contribution < -0.4 is 16.4 Å². The van der Waals surface area contributed by atoms with Gasteiger partial charge in [-0.2, -0.15) is 0 Å². The molecule has 0 spiro atoms. The summed E-state index contributed by atoms with van der Waals surface area (Å²) in [4.78, 5) is 19.6. The number of nitrogens with two attached hydrogens (primary N) is 1. The minimum atomic E-state index is -0.137. The number of likely N-dealkylation sites (tertiary alicyclic amines) is 1. The molecule has 1 fully saturated rings. The standard InChI is InChI=1S/C19H33N5OS.HI/c1-3-21-19(23-14-17-15(2)8-13-26-17)22-9-4-5-10-24-11-6-16(7-12-24)18(20)25;/h8,13,16H,3-7,9-12,14H2,1-2H3,(H2,20,25)(H2,21,22,23);1H. The highest BCUT2D eigenvalue weighted by molar-refractivity contribution is 14.0. The third-order valence-corrected chi connectivity index (χ3v) is 5.88. The number of hydrogen-bond donors (Lipinski definition) is 3. The molecular weight excluding hydrogens is 473 g/mol. The number of hydrogen-bond acceptors (Lipinski definition) is 4. The number of halogens is 1. The first-order valence-electron chi connectivity index (χ1n) is 9.67. The minimum Gasteiger partial charge on any atom is -0.369 e. The van der Waals surface area contributed by atoms with E-state index in [1.54, 1.807) is 11.3 Å². The smallest absolute Gasteiger partial charge is 0.220 e. The van der Waals surface area contributed by atoms with Crippen LogP contribution in [0.4, 0.5) is 0 Å². The Labute approximate surface area is 184 Å². The lowest BCUT2D eigenvalue weighted by atomic mass is 9.96. The fraction of sp³-hybridized carbons (Fsp3) is 0.684. The third-order valence-electron chi connectivity index (χ3n) is 4.88. The number of carbonyl (C=O) groups excluding carboxylic acids is 1. The first kappa shape index (κ1) is 24.2. The zero-order chi connectivity index (χ0) is 18.8. The molecule has 2 rings (SSSR count). The van der Waals surface area contributed by atoms with Crippen LogP contribution in [-0.4, -0.2) is 49.5 Å². The van der Waals surface area contributed by atoms with E-state index in [-0.39, 0.29) is 35.8 Å². The number of amides is 1. The number of primary amides is 1. The molecule has 6 nitrogen and oxygen atoms in total. The summed E-state index contributed by atoms with van der Waals surface area (Å²) in [6.45, 7) is 9.81. The summed E-state index contributed by atoms with van der Waals surface area (Å²) in [5, 5.41) is 8.85. The van der Waals surface area contributed by atoms with Gasteiger partial charge in [-0.1, -0.05) is 0 Å². The maximum atomic E-state index is 11.2. The largest absolute Gasteiger partial charge is 0.369 e. The normalized spacial score (nSPS) is 16.0. The SMILES string of the molecule is CCNC(=NCc1sccc1C)NCCCCN1CCC(C(N)=O)CC1.I. The van der Waals surface area contributed by atoms with Gasteiger partial charge in [0, 0.05) is 23.9 Å². The number of unbranched alkanes of at least 4 members (excludes halogenated alkanes) is 1. The lowest BCUT2D eigenvalue weighted by molar-refractivity contribution is -0.123. The van der Waals surface area contributed by atoms with Crippen molar-refractivity contribution in [3.63, 3.8) is 0 Å². The van der Waals surface area contributed by atoms with E-state index < -0.39 is 0 Å². The van der Waals surface area contributed by atoms with Crippen LogP contribution in [0.5, 0.6) is 0 Å². The average Bonchev–Trinajstić information content (AvgIpc) is 3.04. The molecule has 1 aliphatic heterocycles. The molecule has 1 amide bonds. The Bertz CT molecular complexity index is 584. The van der Waals surface area contributed by atoms with Gasteiger partial charge in [0.1, 0.15) is 0 Å². The number of guanidine groups is 1. The third kappa shape index (κ3) is 8.78. The van der Waals surface area contributed by atoms with Gasteiger partial charge in [0.15, 0.2) is 5.96 Å². The van der Waals surface area contributed by atoms with Crippen LogP contribution in [0, 0.1) is 12.8 Å². The van der Waals surface area contributed by atoms with E-state index in [1.807, 2.05) is 0 Å². The van der Waals surface area contributed by atoms with Crippen LogP contribution in [0.2, 0.25) is 0 Å². The van der Waals surface area contributed by atoms with E-state index in [9.17, 15) is 4.79 Å². The van der Waals surface area contributed by atoms with E-state index in [0.29, 0.717) is 0 Å². The molecule has 1 aromatic rings. The van der Waals surface area contributed by atoms with Gasteiger partial charge < -0.3 is 21.3 Å². The predicted octanol–water partition coefficient (Wildman–Crippen LogP) is 2.71. The van der Waals surface area contributed by atoms with E-state index in [2.05, 4.69) is 45.8 Å². The van der Waals surface area contributed by atoms with Gasteiger partial charge in [0.2, 0.25) is 5.91 Å². The zero-order valence-electron chi connectivity index (χ0n) is 16.5. The quantitative estimate of drug-likeness (QED) is 0.208. The second kappa shape index (κ2) is 13.3. The van der Waals surface area contributed by atoms with E-state index >= 15 is 0 Å². The zero-order valence-corrected chi connectivity index (χ0v) is 19.6. The number of aliphatic imine (C=N–C) groups is 1. The number of thiophene rings is 1. The molecule has 2 heterocycles. The monoisotopic (exact) mass is 507 g/mol. The second-order valence-electron chi connectivity index (χ2n) is 6.87. The van der Waals surface area contributed by atoms with Gasteiger partial charge in [-0.25, -0.2) is 4.99 Å². The molecule has 0 radical (unpaired) electrons. The molecule has 0 bridgehead atoms. The Kier molecular flexibility index (Phi) is 11.9. The van der Waals surface area contributed by atoms with E-state index in [0.717, 1.165) is 70.9 Å². The highest BCUT2D eigenvalue weighted by Crippen LogP contribution is 2.17. The molecule has 27 heavy (non-hydrogen) atoms. The van der Waals surface area contributed by atoms with Crippen molar-refractivity contribution >= 4 is 47.2 Å².